The average molecular weight is 251 g/mol. The van der Waals surface area contributed by atoms with Crippen LogP contribution < -0.4 is 5.32 Å². The Morgan fingerprint density at radius 1 is 0.778 bits per heavy atom. The Morgan fingerprint density at radius 2 is 1.11 bits per heavy atom. The van der Waals surface area contributed by atoms with E-state index < -0.39 is 0 Å². The third-order valence-corrected chi connectivity index (χ3v) is 3.80. The number of hydrogen-bond acceptors (Lipinski definition) is 1. The van der Waals surface area contributed by atoms with E-state index in [2.05, 4.69) is 5.32 Å². The van der Waals surface area contributed by atoms with Crippen LogP contribution in [-0.2, 0) is 0 Å². The first-order chi connectivity index (χ1) is 8.85. The van der Waals surface area contributed by atoms with Crippen LogP contribution in [0.5, 0.6) is 0 Å². The fraction of sp³-hybridized carbons (Fsp3) is 1.00. The molecule has 1 fully saturated rings. The van der Waals surface area contributed by atoms with Crippen molar-refractivity contribution < 1.29 is 0 Å². The summed E-state index contributed by atoms with van der Waals surface area (Å²) in [7, 11) is 9.43. The van der Waals surface area contributed by atoms with Crippen molar-refractivity contribution in [3.8, 4) is 0 Å². The van der Waals surface area contributed by atoms with E-state index in [1.165, 1.54) is 77.0 Å². The summed E-state index contributed by atoms with van der Waals surface area (Å²) in [6.45, 7) is 0. The molecule has 0 unspecified atom stereocenters. The molecule has 1 nitrogen and oxygen atoms in total. The van der Waals surface area contributed by atoms with Crippen molar-refractivity contribution in [2.24, 2.45) is 5.92 Å². The van der Waals surface area contributed by atoms with Crippen LogP contribution in [0, 0.1) is 5.92 Å². The standard InChI is InChI=1S/C14H27B.C2H7N/c15-13-12-14-10-8-6-4-2-1-3-5-7-9-11-14;1-3-2/h14H,1-13H2;3H,1-2H3. The summed E-state index contributed by atoms with van der Waals surface area (Å²) in [6, 6.07) is 0. The van der Waals surface area contributed by atoms with Crippen LogP contribution in [0.2, 0.25) is 6.32 Å². The highest BCUT2D eigenvalue weighted by Crippen LogP contribution is 2.24. The fourth-order valence-electron chi connectivity index (χ4n) is 2.77. The van der Waals surface area contributed by atoms with Crippen LogP contribution in [0.3, 0.4) is 0 Å². The van der Waals surface area contributed by atoms with E-state index in [4.69, 9.17) is 7.85 Å². The molecule has 0 aromatic heterocycles. The third kappa shape index (κ3) is 12.5. The van der Waals surface area contributed by atoms with Gasteiger partial charge in [-0.1, -0.05) is 83.4 Å². The Hall–Kier alpha value is 0.0249. The second-order valence-corrected chi connectivity index (χ2v) is 5.70. The SMILES string of the molecule is CNC.[B]CCC1CCCCCCCCCCC1. The van der Waals surface area contributed by atoms with Gasteiger partial charge < -0.3 is 5.32 Å². The first-order valence-electron chi connectivity index (χ1n) is 8.13. The van der Waals surface area contributed by atoms with E-state index in [9.17, 15) is 0 Å². The van der Waals surface area contributed by atoms with Gasteiger partial charge in [0.2, 0.25) is 0 Å². The van der Waals surface area contributed by atoms with Gasteiger partial charge in [-0.25, -0.2) is 0 Å². The maximum absolute atomic E-state index is 5.68. The Kier molecular flexibility index (Phi) is 15.1. The van der Waals surface area contributed by atoms with Crippen molar-refractivity contribution in [1.29, 1.82) is 0 Å². The zero-order chi connectivity index (χ0) is 13.5. The molecule has 2 heteroatoms. The summed E-state index contributed by atoms with van der Waals surface area (Å²) < 4.78 is 0. The Labute approximate surface area is 117 Å². The van der Waals surface area contributed by atoms with E-state index in [0.717, 1.165) is 12.2 Å². The lowest BCUT2D eigenvalue weighted by Crippen LogP contribution is -2.01. The molecule has 1 saturated carbocycles. The molecule has 0 saturated heterocycles. The summed E-state index contributed by atoms with van der Waals surface area (Å²) >= 11 is 0. The minimum absolute atomic E-state index is 0.894. The fourth-order valence-corrected chi connectivity index (χ4v) is 2.77. The molecule has 2 radical (unpaired) electrons. The molecule has 1 N–H and O–H groups in total. The third-order valence-electron chi connectivity index (χ3n) is 3.80. The Bertz CT molecular complexity index is 138. The lowest BCUT2D eigenvalue weighted by Gasteiger charge is -2.16. The summed E-state index contributed by atoms with van der Waals surface area (Å²) in [4.78, 5) is 0. The Balaban J connectivity index is 0.000000873. The van der Waals surface area contributed by atoms with Crippen LogP contribution in [0.15, 0.2) is 0 Å². The molecule has 106 valence electrons. The van der Waals surface area contributed by atoms with E-state index in [-0.39, 0.29) is 0 Å². The maximum Gasteiger partial charge on any atom is 0.0653 e. The van der Waals surface area contributed by atoms with Crippen molar-refractivity contribution in [2.45, 2.75) is 83.4 Å². The minimum atomic E-state index is 0.894. The average Bonchev–Trinajstić information content (AvgIpc) is 2.34. The topological polar surface area (TPSA) is 12.0 Å². The second-order valence-electron chi connectivity index (χ2n) is 5.70. The first kappa shape index (κ1) is 18.0. The molecule has 0 aromatic rings. The molecule has 0 aliphatic heterocycles. The zero-order valence-electron chi connectivity index (χ0n) is 12.8. The second kappa shape index (κ2) is 15.1. The van der Waals surface area contributed by atoms with Gasteiger partial charge in [-0.3, -0.25) is 0 Å². The molecule has 0 spiro atoms. The molecule has 1 rings (SSSR count). The highest BCUT2D eigenvalue weighted by molar-refractivity contribution is 6.08. The van der Waals surface area contributed by atoms with Gasteiger partial charge in [0, 0.05) is 0 Å². The van der Waals surface area contributed by atoms with Gasteiger partial charge in [0.15, 0.2) is 0 Å². The lowest BCUT2D eigenvalue weighted by atomic mass is 9.85. The van der Waals surface area contributed by atoms with Gasteiger partial charge in [0.1, 0.15) is 0 Å². The Morgan fingerprint density at radius 3 is 1.44 bits per heavy atom. The van der Waals surface area contributed by atoms with Crippen molar-refractivity contribution in [3.63, 3.8) is 0 Å². The van der Waals surface area contributed by atoms with Gasteiger partial charge >= 0.3 is 0 Å². The van der Waals surface area contributed by atoms with Crippen molar-refractivity contribution in [2.75, 3.05) is 14.1 Å². The maximum atomic E-state index is 5.68. The van der Waals surface area contributed by atoms with Gasteiger partial charge in [-0.15, -0.1) is 0 Å². The highest BCUT2D eigenvalue weighted by Gasteiger charge is 2.07. The van der Waals surface area contributed by atoms with Gasteiger partial charge in [-0.05, 0) is 20.0 Å². The normalized spacial score (nSPS) is 20.1. The molecule has 0 heterocycles. The lowest BCUT2D eigenvalue weighted by molar-refractivity contribution is 0.385. The summed E-state index contributed by atoms with van der Waals surface area (Å²) in [5.41, 5.74) is 0. The molecule has 18 heavy (non-hydrogen) atoms. The molecular formula is C16H34BN. The van der Waals surface area contributed by atoms with Gasteiger partial charge in [-0.2, -0.15) is 0 Å². The summed E-state index contributed by atoms with van der Waals surface area (Å²) in [6.07, 6.45) is 18.2. The number of hydrogen-bond donors (Lipinski definition) is 1. The van der Waals surface area contributed by atoms with Crippen LogP contribution >= 0.6 is 0 Å². The summed E-state index contributed by atoms with van der Waals surface area (Å²) in [5, 5.41) is 2.75. The minimum Gasteiger partial charge on any atom is -0.323 e. The molecule has 1 aliphatic carbocycles. The van der Waals surface area contributed by atoms with E-state index >= 15 is 0 Å². The molecule has 0 atom stereocenters. The first-order valence-corrected chi connectivity index (χ1v) is 8.13. The monoisotopic (exact) mass is 251 g/mol. The van der Waals surface area contributed by atoms with Crippen molar-refractivity contribution >= 4 is 7.85 Å². The van der Waals surface area contributed by atoms with E-state index in [0.29, 0.717) is 0 Å². The van der Waals surface area contributed by atoms with Gasteiger partial charge in [0.05, 0.1) is 7.85 Å². The van der Waals surface area contributed by atoms with Gasteiger partial charge in [0.25, 0.3) is 0 Å². The van der Waals surface area contributed by atoms with E-state index in [1.807, 2.05) is 14.1 Å². The number of nitrogens with one attached hydrogen (secondary N) is 1. The molecule has 1 aliphatic rings. The number of rotatable bonds is 2. The molecule has 0 amide bonds. The largest absolute Gasteiger partial charge is 0.323 e. The zero-order valence-corrected chi connectivity index (χ0v) is 12.8. The molecule has 0 aromatic carbocycles. The predicted molar refractivity (Wildman–Crippen MR) is 84.4 cm³/mol. The highest BCUT2D eigenvalue weighted by atomic mass is 14.7. The van der Waals surface area contributed by atoms with Crippen LogP contribution in [-0.4, -0.2) is 21.9 Å². The van der Waals surface area contributed by atoms with Crippen molar-refractivity contribution in [1.82, 2.24) is 5.32 Å². The summed E-state index contributed by atoms with van der Waals surface area (Å²) in [5.74, 6) is 0.939. The van der Waals surface area contributed by atoms with Crippen LogP contribution in [0.25, 0.3) is 0 Å². The predicted octanol–water partition coefficient (Wildman–Crippen LogP) is 4.72. The van der Waals surface area contributed by atoms with E-state index in [1.54, 1.807) is 0 Å². The smallest absolute Gasteiger partial charge is 0.0653 e. The molecular weight excluding hydrogens is 217 g/mol. The van der Waals surface area contributed by atoms with Crippen LogP contribution in [0.4, 0.5) is 0 Å². The molecule has 0 bridgehead atoms. The van der Waals surface area contributed by atoms with Crippen LogP contribution in [0.1, 0.15) is 77.0 Å². The quantitative estimate of drug-likeness (QED) is 0.700. The van der Waals surface area contributed by atoms with Crippen molar-refractivity contribution in [3.05, 3.63) is 0 Å².